The molecule has 0 aliphatic rings. The summed E-state index contributed by atoms with van der Waals surface area (Å²) in [7, 11) is 0. The number of hydrogen-bond acceptors (Lipinski definition) is 2. The molecule has 1 rings (SSSR count). The van der Waals surface area contributed by atoms with Crippen LogP contribution in [0.2, 0.25) is 0 Å². The van der Waals surface area contributed by atoms with Crippen LogP contribution in [0, 0.1) is 0 Å². The zero-order valence-electron chi connectivity index (χ0n) is 9.31. The topological polar surface area (TPSA) is 57.5 Å². The van der Waals surface area contributed by atoms with Crippen LogP contribution < -0.4 is 0 Å². The average Bonchev–Trinajstić information content (AvgIpc) is 2.24. The van der Waals surface area contributed by atoms with E-state index in [4.69, 9.17) is 5.11 Å². The van der Waals surface area contributed by atoms with Gasteiger partial charge in [0.2, 0.25) is 0 Å². The average molecular weight is 220 g/mol. The Morgan fingerprint density at radius 1 is 1.38 bits per heavy atom. The summed E-state index contributed by atoms with van der Waals surface area (Å²) >= 11 is 0. The molecule has 0 atom stereocenters. The minimum atomic E-state index is -0.959. The molecule has 0 aliphatic carbocycles. The summed E-state index contributed by atoms with van der Waals surface area (Å²) in [6.07, 6.45) is 6.56. The first-order valence-corrected chi connectivity index (χ1v) is 5.35. The number of carbonyl (C=O) groups is 1. The SMILES string of the molecule is CCCC=CCc1cc(O)ccc1C(=O)O. The Bertz CT molecular complexity index is 394. The minimum Gasteiger partial charge on any atom is -0.508 e. The summed E-state index contributed by atoms with van der Waals surface area (Å²) < 4.78 is 0. The second kappa shape index (κ2) is 5.95. The fraction of sp³-hybridized carbons (Fsp3) is 0.308. The molecule has 0 aromatic heterocycles. The van der Waals surface area contributed by atoms with Crippen molar-refractivity contribution in [3.63, 3.8) is 0 Å². The highest BCUT2D eigenvalue weighted by Gasteiger charge is 2.08. The molecule has 1 aromatic rings. The highest BCUT2D eigenvalue weighted by molar-refractivity contribution is 5.89. The number of rotatable bonds is 5. The van der Waals surface area contributed by atoms with Crippen LogP contribution in [0.5, 0.6) is 5.75 Å². The number of phenols is 1. The summed E-state index contributed by atoms with van der Waals surface area (Å²) in [5.74, 6) is -0.859. The maximum Gasteiger partial charge on any atom is 0.335 e. The molecule has 3 nitrogen and oxygen atoms in total. The summed E-state index contributed by atoms with van der Waals surface area (Å²) in [6.45, 7) is 2.08. The van der Waals surface area contributed by atoms with E-state index in [0.29, 0.717) is 12.0 Å². The predicted molar refractivity (Wildman–Crippen MR) is 62.8 cm³/mol. The van der Waals surface area contributed by atoms with Crippen molar-refractivity contribution in [1.29, 1.82) is 0 Å². The van der Waals surface area contributed by atoms with Crippen molar-refractivity contribution < 1.29 is 15.0 Å². The third-order valence-corrected chi connectivity index (χ3v) is 2.28. The number of benzene rings is 1. The van der Waals surface area contributed by atoms with Gasteiger partial charge in [0.05, 0.1) is 5.56 Å². The Morgan fingerprint density at radius 3 is 2.75 bits per heavy atom. The smallest absolute Gasteiger partial charge is 0.335 e. The summed E-state index contributed by atoms with van der Waals surface area (Å²) in [5, 5.41) is 18.3. The van der Waals surface area contributed by atoms with Crippen LogP contribution in [0.1, 0.15) is 35.7 Å². The number of aromatic hydroxyl groups is 1. The zero-order valence-corrected chi connectivity index (χ0v) is 9.31. The molecule has 3 heteroatoms. The Morgan fingerprint density at radius 2 is 2.12 bits per heavy atom. The molecule has 0 fully saturated rings. The second-order valence-electron chi connectivity index (χ2n) is 3.61. The van der Waals surface area contributed by atoms with Gasteiger partial charge in [0.25, 0.3) is 0 Å². The number of unbranched alkanes of at least 4 members (excludes halogenated alkanes) is 1. The highest BCUT2D eigenvalue weighted by atomic mass is 16.4. The van der Waals surface area contributed by atoms with Crippen LogP contribution in [0.25, 0.3) is 0 Å². The monoisotopic (exact) mass is 220 g/mol. The number of allylic oxidation sites excluding steroid dienone is 2. The number of carboxylic acid groups (broad SMARTS) is 1. The minimum absolute atomic E-state index is 0.101. The lowest BCUT2D eigenvalue weighted by Crippen LogP contribution is -2.01. The maximum atomic E-state index is 10.9. The molecule has 0 unspecified atom stereocenters. The number of carboxylic acids is 1. The molecular formula is C13H16O3. The Balaban J connectivity index is 2.84. The van der Waals surface area contributed by atoms with Crippen LogP contribution in [-0.2, 0) is 6.42 Å². The molecule has 0 bridgehead atoms. The fourth-order valence-corrected chi connectivity index (χ4v) is 1.45. The van der Waals surface area contributed by atoms with Crippen molar-refractivity contribution in [2.75, 3.05) is 0 Å². The Kier molecular flexibility index (Phi) is 4.58. The van der Waals surface area contributed by atoms with E-state index in [1.165, 1.54) is 18.2 Å². The van der Waals surface area contributed by atoms with E-state index in [1.807, 2.05) is 12.2 Å². The van der Waals surface area contributed by atoms with Gasteiger partial charge in [-0.3, -0.25) is 0 Å². The molecule has 0 heterocycles. The molecule has 1 aromatic carbocycles. The quantitative estimate of drug-likeness (QED) is 0.750. The first kappa shape index (κ1) is 12.3. The van der Waals surface area contributed by atoms with Gasteiger partial charge in [0.15, 0.2) is 0 Å². The van der Waals surface area contributed by atoms with Crippen LogP contribution in [0.3, 0.4) is 0 Å². The van der Waals surface area contributed by atoms with E-state index in [0.717, 1.165) is 12.8 Å². The first-order chi connectivity index (χ1) is 7.65. The number of hydrogen-bond donors (Lipinski definition) is 2. The normalized spacial score (nSPS) is 10.8. The fourth-order valence-electron chi connectivity index (χ4n) is 1.45. The first-order valence-electron chi connectivity index (χ1n) is 5.35. The maximum absolute atomic E-state index is 10.9. The summed E-state index contributed by atoms with van der Waals surface area (Å²) in [5.41, 5.74) is 0.888. The molecule has 0 aliphatic heterocycles. The van der Waals surface area contributed by atoms with Crippen LogP contribution in [0.4, 0.5) is 0 Å². The largest absolute Gasteiger partial charge is 0.508 e. The van der Waals surface area contributed by atoms with E-state index in [2.05, 4.69) is 6.92 Å². The van der Waals surface area contributed by atoms with Crippen LogP contribution in [-0.4, -0.2) is 16.2 Å². The van der Waals surface area contributed by atoms with Crippen molar-refractivity contribution in [3.05, 3.63) is 41.5 Å². The zero-order chi connectivity index (χ0) is 12.0. The van der Waals surface area contributed by atoms with Crippen molar-refractivity contribution in [2.45, 2.75) is 26.2 Å². The Labute approximate surface area is 95.0 Å². The van der Waals surface area contributed by atoms with Gasteiger partial charge >= 0.3 is 5.97 Å². The van der Waals surface area contributed by atoms with Crippen LogP contribution in [0.15, 0.2) is 30.4 Å². The predicted octanol–water partition coefficient (Wildman–Crippen LogP) is 2.99. The second-order valence-corrected chi connectivity index (χ2v) is 3.61. The highest BCUT2D eigenvalue weighted by Crippen LogP contribution is 2.17. The van der Waals surface area contributed by atoms with Crippen molar-refractivity contribution in [2.24, 2.45) is 0 Å². The summed E-state index contributed by atoms with van der Waals surface area (Å²) in [6, 6.07) is 4.32. The number of aromatic carboxylic acids is 1. The van der Waals surface area contributed by atoms with E-state index in [9.17, 15) is 9.90 Å². The number of phenolic OH excluding ortho intramolecular Hbond substituents is 1. The molecule has 16 heavy (non-hydrogen) atoms. The molecule has 0 saturated heterocycles. The lowest BCUT2D eigenvalue weighted by molar-refractivity contribution is 0.0696. The molecule has 0 amide bonds. The van der Waals surface area contributed by atoms with Crippen molar-refractivity contribution >= 4 is 5.97 Å². The van der Waals surface area contributed by atoms with Gasteiger partial charge in [-0.15, -0.1) is 0 Å². The van der Waals surface area contributed by atoms with Crippen LogP contribution >= 0.6 is 0 Å². The van der Waals surface area contributed by atoms with Gasteiger partial charge in [0.1, 0.15) is 5.75 Å². The van der Waals surface area contributed by atoms with E-state index >= 15 is 0 Å². The van der Waals surface area contributed by atoms with Gasteiger partial charge in [-0.25, -0.2) is 4.79 Å². The Hall–Kier alpha value is -1.77. The molecule has 0 spiro atoms. The summed E-state index contributed by atoms with van der Waals surface area (Å²) in [4.78, 5) is 10.9. The van der Waals surface area contributed by atoms with E-state index < -0.39 is 5.97 Å². The van der Waals surface area contributed by atoms with Gasteiger partial charge in [-0.2, -0.15) is 0 Å². The van der Waals surface area contributed by atoms with Gasteiger partial charge in [-0.05, 0) is 36.6 Å². The van der Waals surface area contributed by atoms with E-state index in [-0.39, 0.29) is 11.3 Å². The third kappa shape index (κ3) is 3.42. The third-order valence-electron chi connectivity index (χ3n) is 2.28. The molecular weight excluding hydrogens is 204 g/mol. The molecule has 0 saturated carbocycles. The van der Waals surface area contributed by atoms with Gasteiger partial charge in [0, 0.05) is 0 Å². The van der Waals surface area contributed by atoms with Gasteiger partial charge < -0.3 is 10.2 Å². The molecule has 0 radical (unpaired) electrons. The van der Waals surface area contributed by atoms with E-state index in [1.54, 1.807) is 0 Å². The molecule has 2 N–H and O–H groups in total. The van der Waals surface area contributed by atoms with Gasteiger partial charge in [-0.1, -0.05) is 25.5 Å². The lowest BCUT2D eigenvalue weighted by atomic mass is 10.0. The lowest BCUT2D eigenvalue weighted by Gasteiger charge is -2.03. The van der Waals surface area contributed by atoms with Crippen molar-refractivity contribution in [3.8, 4) is 5.75 Å². The molecule has 86 valence electrons. The standard InChI is InChI=1S/C13H16O3/c1-2-3-4-5-6-10-9-11(14)7-8-12(10)13(15)16/h4-5,7-9,14H,2-3,6H2,1H3,(H,15,16). The van der Waals surface area contributed by atoms with Crippen molar-refractivity contribution in [1.82, 2.24) is 0 Å².